The molecule has 1 fully saturated rings. The lowest BCUT2D eigenvalue weighted by molar-refractivity contribution is -0.162. The number of esters is 1. The fourth-order valence-corrected chi connectivity index (χ4v) is 4.83. The van der Waals surface area contributed by atoms with Gasteiger partial charge in [-0.3, -0.25) is 4.79 Å². The van der Waals surface area contributed by atoms with Crippen molar-refractivity contribution in [3.05, 3.63) is 70.6 Å². The lowest BCUT2D eigenvalue weighted by atomic mass is 9.61. The van der Waals surface area contributed by atoms with Crippen molar-refractivity contribution in [3.8, 4) is 0 Å². The zero-order valence-electron chi connectivity index (χ0n) is 17.6. The first-order valence-electron chi connectivity index (χ1n) is 10.3. The first-order chi connectivity index (χ1) is 13.8. The minimum atomic E-state index is -1.24. The molecule has 0 saturated carbocycles. The number of ether oxygens (including phenoxy) is 2. The van der Waals surface area contributed by atoms with Gasteiger partial charge in [0.2, 0.25) is 5.78 Å². The summed E-state index contributed by atoms with van der Waals surface area (Å²) in [7, 11) is 0. The summed E-state index contributed by atoms with van der Waals surface area (Å²) >= 11 is 0. The summed E-state index contributed by atoms with van der Waals surface area (Å²) in [5.41, 5.74) is 1.38. The van der Waals surface area contributed by atoms with Gasteiger partial charge in [0.1, 0.15) is 17.9 Å². The number of Topliss-reactive ketones (excluding diaryl/α,β-unsaturated/α-hetero) is 1. The summed E-state index contributed by atoms with van der Waals surface area (Å²) in [6.07, 6.45) is 16.5. The molecule has 29 heavy (non-hydrogen) atoms. The molecule has 0 amide bonds. The van der Waals surface area contributed by atoms with Crippen molar-refractivity contribution in [2.45, 2.75) is 52.6 Å². The Kier molecular flexibility index (Phi) is 4.76. The molecule has 5 rings (SSSR count). The van der Waals surface area contributed by atoms with Crippen LogP contribution in [-0.2, 0) is 19.1 Å². The molecular weight excluding hydrogens is 364 g/mol. The van der Waals surface area contributed by atoms with Crippen molar-refractivity contribution in [3.63, 3.8) is 0 Å². The summed E-state index contributed by atoms with van der Waals surface area (Å²) in [5.74, 6) is -0.380. The Bertz CT molecular complexity index is 955. The molecule has 3 aliphatic heterocycles. The van der Waals surface area contributed by atoms with Gasteiger partial charge in [-0.25, -0.2) is 4.79 Å². The summed E-state index contributed by atoms with van der Waals surface area (Å²) in [6, 6.07) is 0. The number of fused-ring (bicyclic) bond motifs is 5. The molecule has 5 aliphatic rings. The van der Waals surface area contributed by atoms with Crippen LogP contribution in [0.2, 0.25) is 0 Å². The normalized spacial score (nSPS) is 41.7. The van der Waals surface area contributed by atoms with E-state index in [1.54, 1.807) is 6.08 Å². The SMILES string of the molecule is CC1=C[C@]2(C)/C=C(C)/C=C/CC/C=C3C=C/C(=C4/C(=O)O[C@]2(C[C@@H]1C)C4=O)OC/3. The topological polar surface area (TPSA) is 52.6 Å². The Labute approximate surface area is 172 Å². The van der Waals surface area contributed by atoms with Crippen LogP contribution < -0.4 is 0 Å². The minimum Gasteiger partial charge on any atom is -0.488 e. The molecule has 3 atom stereocenters. The van der Waals surface area contributed by atoms with E-state index in [-0.39, 0.29) is 17.3 Å². The average molecular weight is 392 g/mol. The van der Waals surface area contributed by atoms with Gasteiger partial charge in [-0.15, -0.1) is 0 Å². The number of carbonyl (C=O) groups excluding carboxylic acids is 2. The Morgan fingerprint density at radius 2 is 1.86 bits per heavy atom. The van der Waals surface area contributed by atoms with E-state index in [9.17, 15) is 9.59 Å². The zero-order chi connectivity index (χ0) is 20.8. The third-order valence-corrected chi connectivity index (χ3v) is 6.57. The number of hydrogen-bond donors (Lipinski definition) is 0. The van der Waals surface area contributed by atoms with Gasteiger partial charge in [0.25, 0.3) is 0 Å². The van der Waals surface area contributed by atoms with Crippen molar-refractivity contribution >= 4 is 11.8 Å². The molecule has 0 aromatic rings. The number of ketones is 1. The maximum Gasteiger partial charge on any atom is 0.346 e. The van der Waals surface area contributed by atoms with Crippen LogP contribution >= 0.6 is 0 Å². The Morgan fingerprint density at radius 3 is 2.59 bits per heavy atom. The lowest BCUT2D eigenvalue weighted by Crippen LogP contribution is -2.53. The highest BCUT2D eigenvalue weighted by atomic mass is 16.6. The van der Waals surface area contributed by atoms with Crippen LogP contribution in [0.15, 0.2) is 70.6 Å². The van der Waals surface area contributed by atoms with E-state index in [1.807, 2.05) is 19.9 Å². The smallest absolute Gasteiger partial charge is 0.346 e. The largest absolute Gasteiger partial charge is 0.488 e. The molecule has 1 spiro atoms. The molecule has 152 valence electrons. The maximum absolute atomic E-state index is 13.8. The number of carbonyl (C=O) groups is 2. The van der Waals surface area contributed by atoms with Gasteiger partial charge in [-0.1, -0.05) is 54.5 Å². The maximum atomic E-state index is 13.8. The van der Waals surface area contributed by atoms with Gasteiger partial charge in [0.05, 0.1) is 5.41 Å². The number of rotatable bonds is 0. The number of allylic oxidation sites excluding steroid dienone is 6. The van der Waals surface area contributed by atoms with Gasteiger partial charge in [-0.2, -0.15) is 0 Å². The highest BCUT2D eigenvalue weighted by molar-refractivity contribution is 6.26. The highest BCUT2D eigenvalue weighted by Gasteiger charge is 2.63. The second-order valence-electron chi connectivity index (χ2n) is 8.83. The van der Waals surface area contributed by atoms with Crippen LogP contribution in [0.5, 0.6) is 0 Å². The van der Waals surface area contributed by atoms with Gasteiger partial charge >= 0.3 is 5.97 Å². The van der Waals surface area contributed by atoms with Crippen molar-refractivity contribution in [2.75, 3.05) is 6.61 Å². The molecule has 0 unspecified atom stereocenters. The van der Waals surface area contributed by atoms with Gasteiger partial charge < -0.3 is 9.47 Å². The first-order valence-corrected chi connectivity index (χ1v) is 10.3. The minimum absolute atomic E-state index is 0.0446. The van der Waals surface area contributed by atoms with Crippen LogP contribution in [0.25, 0.3) is 0 Å². The molecule has 4 heteroatoms. The second kappa shape index (κ2) is 7.01. The standard InChI is InChI=1S/C25H28O4/c1-16-8-6-5-7-9-19-10-11-20(28-15-19)21-22(26)25(29-23(21)27)14-18(3)17(2)13-24(25,4)12-16/h6,8-13,18H,5,7,14-15H2,1-4H3/b8-6+,16-12+,19-9-,21-20-/t18-,24-,25+/m0/s1. The summed E-state index contributed by atoms with van der Waals surface area (Å²) in [5, 5.41) is 0. The molecule has 0 radical (unpaired) electrons. The predicted molar refractivity (Wildman–Crippen MR) is 112 cm³/mol. The zero-order valence-corrected chi connectivity index (χ0v) is 17.6. The van der Waals surface area contributed by atoms with E-state index in [0.717, 1.165) is 24.0 Å². The van der Waals surface area contributed by atoms with E-state index in [0.29, 0.717) is 18.8 Å². The molecule has 0 N–H and O–H groups in total. The fraction of sp³-hybridized carbons (Fsp3) is 0.440. The third kappa shape index (κ3) is 3.15. The molecular formula is C25H28O4. The van der Waals surface area contributed by atoms with Crippen LogP contribution in [0.4, 0.5) is 0 Å². The molecule has 0 aromatic carbocycles. The Balaban J connectivity index is 1.95. The second-order valence-corrected chi connectivity index (χ2v) is 8.83. The molecule has 3 heterocycles. The van der Waals surface area contributed by atoms with E-state index >= 15 is 0 Å². The van der Waals surface area contributed by atoms with E-state index in [2.05, 4.69) is 44.2 Å². The Hall–Kier alpha value is -2.62. The predicted octanol–water partition coefficient (Wildman–Crippen LogP) is 4.91. The molecule has 1 saturated heterocycles. The van der Waals surface area contributed by atoms with Crippen molar-refractivity contribution in [1.82, 2.24) is 0 Å². The summed E-state index contributed by atoms with van der Waals surface area (Å²) in [4.78, 5) is 26.7. The van der Waals surface area contributed by atoms with E-state index in [4.69, 9.17) is 9.47 Å². The lowest BCUT2D eigenvalue weighted by Gasteiger charge is -2.45. The molecule has 4 nitrogen and oxygen atoms in total. The van der Waals surface area contributed by atoms with Crippen molar-refractivity contribution in [1.29, 1.82) is 0 Å². The average Bonchev–Trinajstić information content (AvgIpc) is 2.91. The summed E-state index contributed by atoms with van der Waals surface area (Å²) < 4.78 is 11.8. The monoisotopic (exact) mass is 392 g/mol. The van der Waals surface area contributed by atoms with Crippen molar-refractivity contribution in [2.24, 2.45) is 11.3 Å². The number of hydrogen-bond acceptors (Lipinski definition) is 4. The molecule has 0 aromatic heterocycles. The quantitative estimate of drug-likeness (QED) is 0.334. The summed E-state index contributed by atoms with van der Waals surface area (Å²) in [6.45, 7) is 8.54. The van der Waals surface area contributed by atoms with Gasteiger partial charge in [0, 0.05) is 6.42 Å². The molecule has 4 bridgehead atoms. The Morgan fingerprint density at radius 1 is 1.07 bits per heavy atom. The van der Waals surface area contributed by atoms with E-state index in [1.165, 1.54) is 5.57 Å². The third-order valence-electron chi connectivity index (χ3n) is 6.57. The van der Waals surface area contributed by atoms with Crippen LogP contribution in [0.1, 0.15) is 47.0 Å². The van der Waals surface area contributed by atoms with Crippen molar-refractivity contribution < 1.29 is 19.1 Å². The van der Waals surface area contributed by atoms with E-state index < -0.39 is 17.0 Å². The van der Waals surface area contributed by atoms with Gasteiger partial charge in [-0.05, 0) is 51.2 Å². The molecule has 2 aliphatic carbocycles. The van der Waals surface area contributed by atoms with Crippen LogP contribution in [0, 0.1) is 11.3 Å². The first kappa shape index (κ1) is 19.7. The van der Waals surface area contributed by atoms with Crippen LogP contribution in [0.3, 0.4) is 0 Å². The van der Waals surface area contributed by atoms with Crippen LogP contribution in [-0.4, -0.2) is 24.0 Å². The highest BCUT2D eigenvalue weighted by Crippen LogP contribution is 2.53. The fourth-order valence-electron chi connectivity index (χ4n) is 4.83. The van der Waals surface area contributed by atoms with Gasteiger partial charge in [0.15, 0.2) is 5.60 Å².